The van der Waals surface area contributed by atoms with Crippen LogP contribution in [0.25, 0.3) is 0 Å². The zero-order chi connectivity index (χ0) is 20.7. The Hall–Kier alpha value is -0.870. The molecule has 0 unspecified atom stereocenters. The van der Waals surface area contributed by atoms with Crippen molar-refractivity contribution in [2.24, 2.45) is 0 Å². The average Bonchev–Trinajstić information content (AvgIpc) is 2.69. The minimum absolute atomic E-state index is 0.102. The Labute approximate surface area is 174 Å². The fraction of sp³-hybridized carbons (Fsp3) is 0.875. The van der Waals surface area contributed by atoms with Crippen LogP contribution in [0.4, 0.5) is 0 Å². The van der Waals surface area contributed by atoms with Crippen LogP contribution in [0.15, 0.2) is 12.2 Å². The topological polar surface area (TPSA) is 55.8 Å². The van der Waals surface area contributed by atoms with E-state index in [0.717, 1.165) is 58.0 Å². The van der Waals surface area contributed by atoms with Crippen molar-refractivity contribution in [1.82, 2.24) is 0 Å². The number of hydrogen-bond acceptors (Lipinski definition) is 4. The van der Waals surface area contributed by atoms with E-state index in [0.29, 0.717) is 19.6 Å². The maximum Gasteiger partial charge on any atom is 0.305 e. The number of carbonyl (C=O) groups is 1. The molecule has 0 fully saturated rings. The molecule has 0 spiro atoms. The summed E-state index contributed by atoms with van der Waals surface area (Å²) >= 11 is 0. The van der Waals surface area contributed by atoms with E-state index in [2.05, 4.69) is 26.0 Å². The van der Waals surface area contributed by atoms with Crippen LogP contribution in [-0.2, 0) is 14.3 Å². The summed E-state index contributed by atoms with van der Waals surface area (Å²) in [6.45, 7) is 5.98. The molecule has 0 rings (SSSR count). The standard InChI is InChI=1S/C24H46O4/c1-3-5-7-14-17-23(25)18-15-12-10-8-9-11-13-16-19-24(26)28-22-21-27-20-6-4-2/h12,15,23,25H,3-11,13-14,16-22H2,1-2H3/t23-/m1/s1. The van der Waals surface area contributed by atoms with Gasteiger partial charge in [-0.25, -0.2) is 0 Å². The largest absolute Gasteiger partial charge is 0.463 e. The van der Waals surface area contributed by atoms with Gasteiger partial charge >= 0.3 is 5.97 Å². The summed E-state index contributed by atoms with van der Waals surface area (Å²) in [6, 6.07) is 0. The quantitative estimate of drug-likeness (QED) is 0.139. The van der Waals surface area contributed by atoms with E-state index < -0.39 is 0 Å². The predicted molar refractivity (Wildman–Crippen MR) is 118 cm³/mol. The summed E-state index contributed by atoms with van der Waals surface area (Å²) in [5.41, 5.74) is 0. The molecule has 0 saturated carbocycles. The van der Waals surface area contributed by atoms with Crippen LogP contribution in [0.5, 0.6) is 0 Å². The third kappa shape index (κ3) is 21.4. The number of aliphatic hydroxyl groups excluding tert-OH is 1. The Morgan fingerprint density at radius 2 is 1.54 bits per heavy atom. The van der Waals surface area contributed by atoms with Gasteiger partial charge in [0.05, 0.1) is 12.7 Å². The van der Waals surface area contributed by atoms with Crippen LogP contribution in [0.3, 0.4) is 0 Å². The van der Waals surface area contributed by atoms with E-state index in [4.69, 9.17) is 9.47 Å². The fourth-order valence-corrected chi connectivity index (χ4v) is 2.99. The highest BCUT2D eigenvalue weighted by molar-refractivity contribution is 5.69. The lowest BCUT2D eigenvalue weighted by Gasteiger charge is -2.07. The van der Waals surface area contributed by atoms with Crippen molar-refractivity contribution >= 4 is 5.97 Å². The van der Waals surface area contributed by atoms with Crippen molar-refractivity contribution in [1.29, 1.82) is 0 Å². The highest BCUT2D eigenvalue weighted by atomic mass is 16.6. The minimum atomic E-state index is -0.171. The number of esters is 1. The summed E-state index contributed by atoms with van der Waals surface area (Å²) in [5, 5.41) is 9.90. The molecule has 4 heteroatoms. The fourth-order valence-electron chi connectivity index (χ4n) is 2.99. The number of rotatable bonds is 21. The summed E-state index contributed by atoms with van der Waals surface area (Å²) in [4.78, 5) is 11.6. The molecule has 0 aromatic carbocycles. The molecule has 0 aliphatic carbocycles. The van der Waals surface area contributed by atoms with Gasteiger partial charge < -0.3 is 14.6 Å². The Balaban J connectivity index is 3.30. The first-order chi connectivity index (χ1) is 13.7. The van der Waals surface area contributed by atoms with Gasteiger partial charge in [0.25, 0.3) is 0 Å². The highest BCUT2D eigenvalue weighted by Crippen LogP contribution is 2.10. The van der Waals surface area contributed by atoms with Gasteiger partial charge in [0, 0.05) is 13.0 Å². The number of allylic oxidation sites excluding steroid dienone is 1. The molecular weight excluding hydrogens is 352 g/mol. The van der Waals surface area contributed by atoms with E-state index in [1.54, 1.807) is 0 Å². The molecule has 28 heavy (non-hydrogen) atoms. The van der Waals surface area contributed by atoms with E-state index >= 15 is 0 Å². The van der Waals surface area contributed by atoms with Crippen LogP contribution < -0.4 is 0 Å². The van der Waals surface area contributed by atoms with Crippen molar-refractivity contribution < 1.29 is 19.4 Å². The summed E-state index contributed by atoms with van der Waals surface area (Å²) < 4.78 is 10.5. The second-order valence-electron chi connectivity index (χ2n) is 7.70. The Morgan fingerprint density at radius 3 is 2.32 bits per heavy atom. The molecule has 0 aromatic rings. The van der Waals surface area contributed by atoms with Crippen molar-refractivity contribution in [3.05, 3.63) is 12.2 Å². The van der Waals surface area contributed by atoms with Crippen LogP contribution in [-0.4, -0.2) is 37.0 Å². The van der Waals surface area contributed by atoms with Crippen molar-refractivity contribution in [2.75, 3.05) is 19.8 Å². The third-order valence-electron chi connectivity index (χ3n) is 4.85. The van der Waals surface area contributed by atoms with E-state index in [1.807, 2.05) is 0 Å². The molecule has 4 nitrogen and oxygen atoms in total. The van der Waals surface area contributed by atoms with Crippen LogP contribution >= 0.6 is 0 Å². The predicted octanol–water partition coefficient (Wildman–Crippen LogP) is 6.35. The number of unbranched alkanes of at least 4 members (excludes halogenated alkanes) is 9. The van der Waals surface area contributed by atoms with Gasteiger partial charge in [0.15, 0.2) is 0 Å². The van der Waals surface area contributed by atoms with Gasteiger partial charge in [0.2, 0.25) is 0 Å². The van der Waals surface area contributed by atoms with Crippen molar-refractivity contribution in [3.63, 3.8) is 0 Å². The number of hydrogen-bond donors (Lipinski definition) is 1. The lowest BCUT2D eigenvalue weighted by molar-refractivity contribution is -0.145. The molecule has 0 radical (unpaired) electrons. The lowest BCUT2D eigenvalue weighted by Crippen LogP contribution is -2.10. The molecule has 0 bridgehead atoms. The highest BCUT2D eigenvalue weighted by Gasteiger charge is 2.03. The molecule has 1 atom stereocenters. The van der Waals surface area contributed by atoms with E-state index in [1.165, 1.54) is 38.5 Å². The zero-order valence-corrected chi connectivity index (χ0v) is 18.6. The Bertz CT molecular complexity index is 355. The first-order valence-electron chi connectivity index (χ1n) is 11.8. The van der Waals surface area contributed by atoms with Gasteiger partial charge in [-0.05, 0) is 38.5 Å². The first kappa shape index (κ1) is 27.1. The first-order valence-corrected chi connectivity index (χ1v) is 11.8. The lowest BCUT2D eigenvalue weighted by atomic mass is 10.1. The van der Waals surface area contributed by atoms with Gasteiger partial charge in [-0.2, -0.15) is 0 Å². The molecule has 0 heterocycles. The normalized spacial score (nSPS) is 12.5. The summed E-state index contributed by atoms with van der Waals surface area (Å²) in [5.74, 6) is -0.102. The second kappa shape index (κ2) is 22.4. The summed E-state index contributed by atoms with van der Waals surface area (Å²) in [7, 11) is 0. The summed E-state index contributed by atoms with van der Waals surface area (Å²) in [6.07, 6.45) is 20.1. The molecule has 0 aliphatic rings. The Morgan fingerprint density at radius 1 is 0.821 bits per heavy atom. The molecule has 0 saturated heterocycles. The molecule has 0 amide bonds. The third-order valence-corrected chi connectivity index (χ3v) is 4.85. The van der Waals surface area contributed by atoms with Crippen molar-refractivity contribution in [3.8, 4) is 0 Å². The van der Waals surface area contributed by atoms with Gasteiger partial charge in [-0.1, -0.05) is 77.4 Å². The number of carbonyl (C=O) groups excluding carboxylic acids is 1. The molecular formula is C24H46O4. The maximum atomic E-state index is 11.6. The monoisotopic (exact) mass is 398 g/mol. The van der Waals surface area contributed by atoms with Gasteiger partial charge in [-0.15, -0.1) is 0 Å². The van der Waals surface area contributed by atoms with E-state index in [9.17, 15) is 9.90 Å². The maximum absolute atomic E-state index is 11.6. The smallest absolute Gasteiger partial charge is 0.305 e. The molecule has 166 valence electrons. The Kier molecular flexibility index (Phi) is 21.7. The van der Waals surface area contributed by atoms with Crippen molar-refractivity contribution in [2.45, 2.75) is 116 Å². The molecule has 0 aromatic heterocycles. The van der Waals surface area contributed by atoms with Crippen LogP contribution in [0.1, 0.15) is 110 Å². The van der Waals surface area contributed by atoms with Gasteiger partial charge in [-0.3, -0.25) is 4.79 Å². The second-order valence-corrected chi connectivity index (χ2v) is 7.70. The molecule has 1 N–H and O–H groups in total. The van der Waals surface area contributed by atoms with Gasteiger partial charge in [0.1, 0.15) is 6.61 Å². The zero-order valence-electron chi connectivity index (χ0n) is 18.6. The number of ether oxygens (including phenoxy) is 2. The SMILES string of the molecule is CCCCCC[C@@H](O)CC=CCCCCCCCC(=O)OCCOCCCC. The van der Waals surface area contributed by atoms with E-state index in [-0.39, 0.29) is 12.1 Å². The van der Waals surface area contributed by atoms with Crippen LogP contribution in [0, 0.1) is 0 Å². The average molecular weight is 399 g/mol. The number of aliphatic hydroxyl groups is 1. The molecule has 0 aliphatic heterocycles. The minimum Gasteiger partial charge on any atom is -0.463 e. The van der Waals surface area contributed by atoms with Crippen LogP contribution in [0.2, 0.25) is 0 Å².